The van der Waals surface area contributed by atoms with Crippen LogP contribution in [0.2, 0.25) is 0 Å². The van der Waals surface area contributed by atoms with E-state index in [-0.39, 0.29) is 0 Å². The molecule has 1 aromatic rings. The van der Waals surface area contributed by atoms with Gasteiger partial charge in [0, 0.05) is 26.3 Å². The van der Waals surface area contributed by atoms with Gasteiger partial charge in [-0.2, -0.15) is 4.98 Å². The summed E-state index contributed by atoms with van der Waals surface area (Å²) in [6, 6.07) is 3.52. The minimum Gasteiger partial charge on any atom is -0.481 e. The first-order valence-corrected chi connectivity index (χ1v) is 6.39. The topological polar surface area (TPSA) is 78.6 Å². The van der Waals surface area contributed by atoms with Gasteiger partial charge in [-0.15, -0.1) is 0 Å². The number of methoxy groups -OCH3 is 2. The van der Waals surface area contributed by atoms with Gasteiger partial charge in [-0.05, 0) is 18.9 Å². The van der Waals surface area contributed by atoms with Crippen LogP contribution in [-0.4, -0.2) is 45.6 Å². The van der Waals surface area contributed by atoms with Gasteiger partial charge >= 0.3 is 0 Å². The van der Waals surface area contributed by atoms with Crippen LogP contribution in [0.25, 0.3) is 0 Å². The lowest BCUT2D eigenvalue weighted by atomic mass is 10.3. The number of unbranched alkanes of at least 4 members (excludes halogenated alkanes) is 1. The first-order valence-electron chi connectivity index (χ1n) is 6.39. The van der Waals surface area contributed by atoms with Crippen molar-refractivity contribution in [2.24, 2.45) is 0 Å². The summed E-state index contributed by atoms with van der Waals surface area (Å²) in [5.74, 6) is 1.22. The maximum Gasteiger partial charge on any atom is 0.215 e. The number of ether oxygens (including phenoxy) is 3. The molecule has 1 rings (SSSR count). The van der Waals surface area contributed by atoms with Crippen LogP contribution in [0.4, 0.5) is 11.5 Å². The van der Waals surface area contributed by atoms with Crippen molar-refractivity contribution >= 4 is 11.5 Å². The fraction of sp³-hybridized carbons (Fsp3) is 0.615. The van der Waals surface area contributed by atoms with Crippen LogP contribution < -0.4 is 15.8 Å². The molecule has 6 heteroatoms. The number of hydrogen-bond acceptors (Lipinski definition) is 6. The van der Waals surface area contributed by atoms with Gasteiger partial charge in [0.25, 0.3) is 0 Å². The zero-order chi connectivity index (χ0) is 13.9. The number of aromatic nitrogens is 1. The molecule has 0 unspecified atom stereocenters. The minimum atomic E-state index is 0.555. The zero-order valence-electron chi connectivity index (χ0n) is 11.6. The number of nitrogens with zero attached hydrogens (tertiary/aromatic N) is 1. The molecule has 0 amide bonds. The summed E-state index contributed by atoms with van der Waals surface area (Å²) in [6.07, 6.45) is 1.98. The lowest BCUT2D eigenvalue weighted by Gasteiger charge is -2.09. The van der Waals surface area contributed by atoms with E-state index in [4.69, 9.17) is 19.9 Å². The van der Waals surface area contributed by atoms with E-state index in [9.17, 15) is 0 Å². The molecule has 0 saturated carbocycles. The van der Waals surface area contributed by atoms with Crippen molar-refractivity contribution in [2.45, 2.75) is 12.8 Å². The van der Waals surface area contributed by atoms with Crippen LogP contribution in [0.15, 0.2) is 12.1 Å². The summed E-state index contributed by atoms with van der Waals surface area (Å²) in [5.41, 5.74) is 6.44. The summed E-state index contributed by atoms with van der Waals surface area (Å²) in [5, 5.41) is 3.19. The highest BCUT2D eigenvalue weighted by molar-refractivity contribution is 5.61. The molecule has 0 atom stereocenters. The molecule has 1 heterocycles. The molecule has 0 bridgehead atoms. The van der Waals surface area contributed by atoms with Crippen LogP contribution in [0.3, 0.4) is 0 Å². The second kappa shape index (κ2) is 9.41. The van der Waals surface area contributed by atoms with Gasteiger partial charge in [-0.25, -0.2) is 0 Å². The van der Waals surface area contributed by atoms with Crippen molar-refractivity contribution in [1.82, 2.24) is 4.98 Å². The second-order valence-corrected chi connectivity index (χ2v) is 4.03. The maximum atomic E-state index is 5.82. The van der Waals surface area contributed by atoms with Gasteiger partial charge in [0.1, 0.15) is 0 Å². The van der Waals surface area contributed by atoms with E-state index >= 15 is 0 Å². The quantitative estimate of drug-likeness (QED) is 0.627. The molecule has 0 aliphatic heterocycles. The van der Waals surface area contributed by atoms with Crippen LogP contribution in [0, 0.1) is 0 Å². The smallest absolute Gasteiger partial charge is 0.215 e. The van der Waals surface area contributed by atoms with Crippen LogP contribution in [0.1, 0.15) is 12.8 Å². The predicted molar refractivity (Wildman–Crippen MR) is 75.6 cm³/mol. The summed E-state index contributed by atoms with van der Waals surface area (Å²) in [4.78, 5) is 4.24. The molecular formula is C13H23N3O3. The number of nitrogens with two attached hydrogens (primary N) is 1. The predicted octanol–water partition coefficient (Wildman–Crippen LogP) is 1.53. The van der Waals surface area contributed by atoms with E-state index in [1.54, 1.807) is 26.4 Å². The van der Waals surface area contributed by atoms with Crippen molar-refractivity contribution in [3.05, 3.63) is 12.1 Å². The molecule has 0 radical (unpaired) electrons. The third kappa shape index (κ3) is 6.26. The van der Waals surface area contributed by atoms with E-state index in [1.807, 2.05) is 0 Å². The van der Waals surface area contributed by atoms with Crippen molar-refractivity contribution in [1.29, 1.82) is 0 Å². The lowest BCUT2D eigenvalue weighted by molar-refractivity contribution is 0.0691. The Morgan fingerprint density at radius 3 is 2.74 bits per heavy atom. The fourth-order valence-electron chi connectivity index (χ4n) is 1.49. The Hall–Kier alpha value is -1.53. The Balaban J connectivity index is 2.15. The molecule has 6 nitrogen and oxygen atoms in total. The van der Waals surface area contributed by atoms with E-state index in [2.05, 4.69) is 10.3 Å². The molecule has 108 valence electrons. The lowest BCUT2D eigenvalue weighted by Crippen LogP contribution is -2.08. The Morgan fingerprint density at radius 1 is 1.16 bits per heavy atom. The third-order valence-corrected chi connectivity index (χ3v) is 2.55. The zero-order valence-corrected chi connectivity index (χ0v) is 11.6. The molecule has 0 aliphatic carbocycles. The molecule has 0 fully saturated rings. The molecule has 1 aromatic heterocycles. The van der Waals surface area contributed by atoms with Crippen LogP contribution >= 0.6 is 0 Å². The maximum absolute atomic E-state index is 5.82. The highest BCUT2D eigenvalue weighted by Crippen LogP contribution is 2.19. The first-order chi connectivity index (χ1) is 9.27. The molecule has 19 heavy (non-hydrogen) atoms. The Labute approximate surface area is 114 Å². The van der Waals surface area contributed by atoms with Crippen LogP contribution in [-0.2, 0) is 9.47 Å². The number of hydrogen-bond donors (Lipinski definition) is 2. The summed E-state index contributed by atoms with van der Waals surface area (Å²) in [6.45, 7) is 2.83. The Morgan fingerprint density at radius 2 is 2.00 bits per heavy atom. The second-order valence-electron chi connectivity index (χ2n) is 4.03. The number of nitrogens with one attached hydrogen (secondary N) is 1. The van der Waals surface area contributed by atoms with Crippen LogP contribution in [0.5, 0.6) is 5.88 Å². The van der Waals surface area contributed by atoms with E-state index < -0.39 is 0 Å². The summed E-state index contributed by atoms with van der Waals surface area (Å²) < 4.78 is 15.3. The standard InChI is InChI=1S/C13H23N3O3/c1-17-9-10-19-8-4-3-7-15-13-11(14)5-6-12(16-13)18-2/h5-6H,3-4,7-10,14H2,1-2H3,(H,15,16). The average molecular weight is 269 g/mol. The molecule has 0 aromatic carbocycles. The summed E-state index contributed by atoms with van der Waals surface area (Å²) in [7, 11) is 3.25. The van der Waals surface area contributed by atoms with Gasteiger partial charge in [-0.3, -0.25) is 0 Å². The first kappa shape index (κ1) is 15.5. The number of anilines is 2. The van der Waals surface area contributed by atoms with E-state index in [0.717, 1.165) is 26.0 Å². The Kier molecular flexibility index (Phi) is 7.69. The SMILES string of the molecule is COCCOCCCCNc1nc(OC)ccc1N. The number of pyridine rings is 1. The van der Waals surface area contributed by atoms with Gasteiger partial charge in [0.15, 0.2) is 5.82 Å². The molecule has 0 spiro atoms. The van der Waals surface area contributed by atoms with Crippen molar-refractivity contribution in [3.8, 4) is 5.88 Å². The molecule has 0 saturated heterocycles. The molecular weight excluding hydrogens is 246 g/mol. The average Bonchev–Trinajstić information content (AvgIpc) is 2.43. The van der Waals surface area contributed by atoms with E-state index in [0.29, 0.717) is 30.6 Å². The third-order valence-electron chi connectivity index (χ3n) is 2.55. The molecule has 0 aliphatic rings. The summed E-state index contributed by atoms with van der Waals surface area (Å²) >= 11 is 0. The van der Waals surface area contributed by atoms with Gasteiger partial charge in [-0.1, -0.05) is 0 Å². The number of rotatable bonds is 10. The highest BCUT2D eigenvalue weighted by Gasteiger charge is 2.02. The molecule has 3 N–H and O–H groups in total. The Bertz CT molecular complexity index is 361. The highest BCUT2D eigenvalue weighted by atomic mass is 16.5. The van der Waals surface area contributed by atoms with Gasteiger partial charge in [0.2, 0.25) is 5.88 Å². The monoisotopic (exact) mass is 269 g/mol. The minimum absolute atomic E-state index is 0.555. The van der Waals surface area contributed by atoms with Gasteiger partial charge < -0.3 is 25.3 Å². The van der Waals surface area contributed by atoms with Crippen molar-refractivity contribution in [2.75, 3.05) is 51.6 Å². The van der Waals surface area contributed by atoms with Crippen molar-refractivity contribution in [3.63, 3.8) is 0 Å². The van der Waals surface area contributed by atoms with Crippen molar-refractivity contribution < 1.29 is 14.2 Å². The normalized spacial score (nSPS) is 10.4. The van der Waals surface area contributed by atoms with Gasteiger partial charge in [0.05, 0.1) is 26.0 Å². The number of nitrogen functional groups attached to an aromatic ring is 1. The largest absolute Gasteiger partial charge is 0.481 e. The van der Waals surface area contributed by atoms with E-state index in [1.165, 1.54) is 0 Å². The fourth-order valence-corrected chi connectivity index (χ4v) is 1.49.